The van der Waals surface area contributed by atoms with Gasteiger partial charge in [-0.3, -0.25) is 4.79 Å². The molecule has 1 aliphatic heterocycles. The van der Waals surface area contributed by atoms with Crippen LogP contribution in [0.4, 0.5) is 5.69 Å². The van der Waals surface area contributed by atoms with E-state index in [2.05, 4.69) is 40.5 Å². The normalized spacial score (nSPS) is 13.8. The molecule has 36 heavy (non-hydrogen) atoms. The number of carbonyl (C=O) groups excluding carboxylic acids is 1. The molecule has 1 N–H and O–H groups in total. The second kappa shape index (κ2) is 12.5. The van der Waals surface area contributed by atoms with E-state index in [0.29, 0.717) is 24.0 Å². The van der Waals surface area contributed by atoms with Crippen molar-refractivity contribution < 1.29 is 14.3 Å². The minimum Gasteiger partial charge on any atom is -0.490 e. The van der Waals surface area contributed by atoms with E-state index in [-0.39, 0.29) is 12.5 Å². The molecular formula is C30H34N2O3S. The van der Waals surface area contributed by atoms with Crippen LogP contribution in [-0.2, 0) is 11.2 Å². The van der Waals surface area contributed by atoms with Gasteiger partial charge < -0.3 is 19.7 Å². The molecule has 0 aromatic heterocycles. The highest BCUT2D eigenvalue weighted by Crippen LogP contribution is 2.30. The molecule has 1 heterocycles. The fourth-order valence-electron chi connectivity index (χ4n) is 4.56. The van der Waals surface area contributed by atoms with Crippen molar-refractivity contribution in [2.24, 2.45) is 5.92 Å². The quantitative estimate of drug-likeness (QED) is 0.362. The maximum absolute atomic E-state index is 12.4. The van der Waals surface area contributed by atoms with Crippen LogP contribution in [0.2, 0.25) is 0 Å². The molecule has 4 rings (SSSR count). The third-order valence-corrected chi connectivity index (χ3v) is 6.91. The zero-order valence-corrected chi connectivity index (χ0v) is 21.9. The number of likely N-dealkylation sites (tertiary alicyclic amines) is 1. The summed E-state index contributed by atoms with van der Waals surface area (Å²) in [5.74, 6) is 1.59. The number of aryl methyl sites for hydroxylation is 1. The largest absolute Gasteiger partial charge is 0.490 e. The average Bonchev–Trinajstić information content (AvgIpc) is 2.89. The van der Waals surface area contributed by atoms with Crippen LogP contribution in [0.5, 0.6) is 11.5 Å². The van der Waals surface area contributed by atoms with E-state index >= 15 is 0 Å². The number of amides is 1. The molecule has 3 aromatic rings. The molecule has 0 radical (unpaired) electrons. The van der Waals surface area contributed by atoms with Crippen LogP contribution in [0.3, 0.4) is 0 Å². The first-order chi connectivity index (χ1) is 17.5. The average molecular weight is 503 g/mol. The highest BCUT2D eigenvalue weighted by atomic mass is 32.1. The van der Waals surface area contributed by atoms with Gasteiger partial charge >= 0.3 is 0 Å². The maximum Gasteiger partial charge on any atom is 0.262 e. The van der Waals surface area contributed by atoms with Gasteiger partial charge in [0.2, 0.25) is 0 Å². The van der Waals surface area contributed by atoms with Crippen LogP contribution >= 0.6 is 12.2 Å². The van der Waals surface area contributed by atoms with Crippen LogP contribution in [0, 0.1) is 12.8 Å². The molecule has 0 unspecified atom stereocenters. The van der Waals surface area contributed by atoms with Crippen molar-refractivity contribution in [3.8, 4) is 11.5 Å². The summed E-state index contributed by atoms with van der Waals surface area (Å²) in [6.07, 6.45) is 3.38. The summed E-state index contributed by atoms with van der Waals surface area (Å²) in [5.41, 5.74) is 4.18. The first kappa shape index (κ1) is 25.7. The number of hydrogen-bond donors (Lipinski definition) is 1. The van der Waals surface area contributed by atoms with Gasteiger partial charge in [-0.25, -0.2) is 0 Å². The Kier molecular flexibility index (Phi) is 8.95. The van der Waals surface area contributed by atoms with Gasteiger partial charge in [0.15, 0.2) is 18.1 Å². The highest BCUT2D eigenvalue weighted by molar-refractivity contribution is 7.80. The van der Waals surface area contributed by atoms with Gasteiger partial charge in [0.25, 0.3) is 5.91 Å². The van der Waals surface area contributed by atoms with E-state index in [1.807, 2.05) is 56.3 Å². The number of benzene rings is 3. The Hall–Kier alpha value is -3.38. The van der Waals surface area contributed by atoms with Crippen molar-refractivity contribution in [1.29, 1.82) is 0 Å². The van der Waals surface area contributed by atoms with Crippen LogP contribution in [0.1, 0.15) is 36.5 Å². The molecule has 1 saturated heterocycles. The Morgan fingerprint density at radius 2 is 1.75 bits per heavy atom. The lowest BCUT2D eigenvalue weighted by Gasteiger charge is -2.34. The lowest BCUT2D eigenvalue weighted by atomic mass is 9.90. The Bertz CT molecular complexity index is 1170. The van der Waals surface area contributed by atoms with Gasteiger partial charge in [-0.15, -0.1) is 0 Å². The van der Waals surface area contributed by atoms with Crippen LogP contribution in [-0.4, -0.2) is 42.1 Å². The second-order valence-corrected chi connectivity index (χ2v) is 9.61. The lowest BCUT2D eigenvalue weighted by molar-refractivity contribution is -0.118. The molecule has 0 spiro atoms. The zero-order valence-electron chi connectivity index (χ0n) is 21.0. The summed E-state index contributed by atoms with van der Waals surface area (Å²) in [6, 6.07) is 24.1. The molecule has 1 amide bonds. The predicted molar refractivity (Wildman–Crippen MR) is 149 cm³/mol. The summed E-state index contributed by atoms with van der Waals surface area (Å²) >= 11 is 5.85. The van der Waals surface area contributed by atoms with E-state index in [9.17, 15) is 4.79 Å². The Morgan fingerprint density at radius 3 is 2.47 bits per heavy atom. The van der Waals surface area contributed by atoms with Crippen molar-refractivity contribution in [2.45, 2.75) is 33.1 Å². The van der Waals surface area contributed by atoms with Gasteiger partial charge in [-0.2, -0.15) is 0 Å². The second-order valence-electron chi connectivity index (χ2n) is 9.23. The summed E-state index contributed by atoms with van der Waals surface area (Å²) in [5, 5.41) is 2.86. The third kappa shape index (κ3) is 7.08. The Morgan fingerprint density at radius 1 is 0.972 bits per heavy atom. The SMILES string of the molecule is CCOc1cc(C(=S)N2CCC(Cc3ccccc3)CC2)ccc1OCC(=O)Nc1cccc(C)c1. The molecule has 5 nitrogen and oxygen atoms in total. The molecule has 1 fully saturated rings. The fourth-order valence-corrected chi connectivity index (χ4v) is 4.87. The summed E-state index contributed by atoms with van der Waals surface area (Å²) < 4.78 is 11.6. The zero-order chi connectivity index (χ0) is 25.3. The molecule has 0 bridgehead atoms. The molecular weight excluding hydrogens is 468 g/mol. The van der Waals surface area contributed by atoms with Crippen LogP contribution < -0.4 is 14.8 Å². The van der Waals surface area contributed by atoms with Crippen molar-refractivity contribution in [3.05, 3.63) is 89.5 Å². The highest BCUT2D eigenvalue weighted by Gasteiger charge is 2.22. The lowest BCUT2D eigenvalue weighted by Crippen LogP contribution is -2.38. The van der Waals surface area contributed by atoms with E-state index in [1.54, 1.807) is 0 Å². The molecule has 6 heteroatoms. The first-order valence-electron chi connectivity index (χ1n) is 12.6. The first-order valence-corrected chi connectivity index (χ1v) is 13.0. The molecule has 0 aliphatic carbocycles. The van der Waals surface area contributed by atoms with Crippen molar-refractivity contribution >= 4 is 28.8 Å². The van der Waals surface area contributed by atoms with E-state index in [1.165, 1.54) is 5.56 Å². The number of anilines is 1. The number of ether oxygens (including phenoxy) is 2. The van der Waals surface area contributed by atoms with Gasteiger partial charge in [0.1, 0.15) is 4.99 Å². The van der Waals surface area contributed by atoms with Gasteiger partial charge in [0, 0.05) is 24.3 Å². The predicted octanol–water partition coefficient (Wildman–Crippen LogP) is 6.04. The smallest absolute Gasteiger partial charge is 0.262 e. The van der Waals surface area contributed by atoms with E-state index < -0.39 is 0 Å². The summed E-state index contributed by atoms with van der Waals surface area (Å²) in [4.78, 5) is 15.5. The monoisotopic (exact) mass is 502 g/mol. The number of thiocarbonyl (C=S) groups is 1. The van der Waals surface area contributed by atoms with Crippen molar-refractivity contribution in [3.63, 3.8) is 0 Å². The van der Waals surface area contributed by atoms with Crippen molar-refractivity contribution in [2.75, 3.05) is 31.6 Å². The number of piperidine rings is 1. The minimum absolute atomic E-state index is 0.104. The standard InChI is InChI=1S/C30H34N2O3S/c1-3-34-28-20-25(12-13-27(28)35-21-29(33)31-26-11-7-8-22(2)18-26)30(36)32-16-14-24(15-17-32)19-23-9-5-4-6-10-23/h4-13,18,20,24H,3,14-17,19,21H2,1-2H3,(H,31,33). The van der Waals surface area contributed by atoms with Crippen LogP contribution in [0.15, 0.2) is 72.8 Å². The number of hydrogen-bond acceptors (Lipinski definition) is 4. The van der Waals surface area contributed by atoms with Gasteiger partial charge in [0.05, 0.1) is 6.61 Å². The Balaban J connectivity index is 1.33. The molecule has 1 aliphatic rings. The van der Waals surface area contributed by atoms with Crippen LogP contribution in [0.25, 0.3) is 0 Å². The molecule has 3 aromatic carbocycles. The van der Waals surface area contributed by atoms with Gasteiger partial charge in [-0.1, -0.05) is 54.7 Å². The summed E-state index contributed by atoms with van der Waals surface area (Å²) in [7, 11) is 0. The molecule has 0 saturated carbocycles. The van der Waals surface area contributed by atoms with Gasteiger partial charge in [-0.05, 0) is 80.5 Å². The number of rotatable bonds is 9. The third-order valence-electron chi connectivity index (χ3n) is 6.42. The van der Waals surface area contributed by atoms with E-state index in [0.717, 1.165) is 54.2 Å². The fraction of sp³-hybridized carbons (Fsp3) is 0.333. The minimum atomic E-state index is -0.221. The number of carbonyl (C=O) groups is 1. The number of nitrogens with one attached hydrogen (secondary N) is 1. The topological polar surface area (TPSA) is 50.8 Å². The summed E-state index contributed by atoms with van der Waals surface area (Å²) in [6.45, 7) is 6.21. The molecule has 0 atom stereocenters. The Labute approximate surface area is 219 Å². The van der Waals surface area contributed by atoms with E-state index in [4.69, 9.17) is 21.7 Å². The van der Waals surface area contributed by atoms with Crippen molar-refractivity contribution in [1.82, 2.24) is 4.90 Å². The number of nitrogens with zero attached hydrogens (tertiary/aromatic N) is 1. The molecule has 188 valence electrons. The maximum atomic E-state index is 12.4.